The minimum Gasteiger partial charge on any atom is -0.481 e. The average molecular weight is 469 g/mol. The molecule has 5 nitrogen and oxygen atoms in total. The zero-order valence-electron chi connectivity index (χ0n) is 19.6. The van der Waals surface area contributed by atoms with Crippen LogP contribution >= 0.6 is 11.6 Å². The second kappa shape index (κ2) is 10.2. The van der Waals surface area contributed by atoms with E-state index in [1.807, 2.05) is 42.0 Å². The van der Waals surface area contributed by atoms with Crippen LogP contribution in [0.2, 0.25) is 5.02 Å². The standard InChI is InChI=1S/C27H33ClN2O3/c1-20-25(31)29(2)19-27(14-6-5-8-21-7-3-4-9-24(21)33-20)15-17-30(18-16-27)26(32)22-10-12-23(28)13-11-22/h3-4,7,9-13,20H,5-6,8,14-19H2,1-2H3/t20-/m1/s1. The molecular formula is C27H33ClN2O3. The molecule has 33 heavy (non-hydrogen) atoms. The van der Waals surface area contributed by atoms with E-state index in [2.05, 4.69) is 6.07 Å². The van der Waals surface area contributed by atoms with Crippen LogP contribution in [0, 0.1) is 5.41 Å². The second-order valence-corrected chi connectivity index (χ2v) is 10.0. The summed E-state index contributed by atoms with van der Waals surface area (Å²) in [6, 6.07) is 15.1. The van der Waals surface area contributed by atoms with Gasteiger partial charge in [-0.3, -0.25) is 9.59 Å². The molecule has 0 aromatic heterocycles. The van der Waals surface area contributed by atoms with Crippen molar-refractivity contribution in [1.29, 1.82) is 0 Å². The molecular weight excluding hydrogens is 436 g/mol. The number of halogens is 1. The Morgan fingerprint density at radius 3 is 2.45 bits per heavy atom. The van der Waals surface area contributed by atoms with Crippen molar-refractivity contribution in [3.05, 3.63) is 64.7 Å². The van der Waals surface area contributed by atoms with E-state index in [-0.39, 0.29) is 17.2 Å². The first-order valence-electron chi connectivity index (χ1n) is 11.9. The van der Waals surface area contributed by atoms with Crippen molar-refractivity contribution in [2.24, 2.45) is 5.41 Å². The number of ether oxygens (including phenoxy) is 1. The Hall–Kier alpha value is -2.53. The monoisotopic (exact) mass is 468 g/mol. The largest absolute Gasteiger partial charge is 0.481 e. The van der Waals surface area contributed by atoms with E-state index in [1.165, 1.54) is 0 Å². The Morgan fingerprint density at radius 2 is 1.73 bits per heavy atom. The maximum Gasteiger partial charge on any atom is 0.263 e. The lowest BCUT2D eigenvalue weighted by atomic mass is 9.73. The minimum absolute atomic E-state index is 0.00409. The molecule has 0 saturated carbocycles. The number of hydrogen-bond donors (Lipinski definition) is 0. The van der Waals surface area contributed by atoms with Gasteiger partial charge in [-0.1, -0.05) is 36.2 Å². The normalized spacial score (nSPS) is 21.5. The van der Waals surface area contributed by atoms with Gasteiger partial charge in [-0.05, 0) is 80.3 Å². The maximum absolute atomic E-state index is 13.1. The van der Waals surface area contributed by atoms with Crippen LogP contribution in [0.3, 0.4) is 0 Å². The van der Waals surface area contributed by atoms with Crippen molar-refractivity contribution in [2.75, 3.05) is 26.7 Å². The Bertz CT molecular complexity index is 983. The minimum atomic E-state index is -0.529. The molecule has 2 heterocycles. The van der Waals surface area contributed by atoms with E-state index in [1.54, 1.807) is 24.3 Å². The van der Waals surface area contributed by atoms with Crippen LogP contribution in [0.25, 0.3) is 0 Å². The number of likely N-dealkylation sites (tertiary alicyclic amines) is 1. The third-order valence-electron chi connectivity index (χ3n) is 7.18. The molecule has 2 aliphatic heterocycles. The number of para-hydroxylation sites is 1. The van der Waals surface area contributed by atoms with Gasteiger partial charge in [0.2, 0.25) is 0 Å². The van der Waals surface area contributed by atoms with Crippen LogP contribution < -0.4 is 4.74 Å². The second-order valence-electron chi connectivity index (χ2n) is 9.57. The quantitative estimate of drug-likeness (QED) is 0.577. The lowest BCUT2D eigenvalue weighted by Gasteiger charge is -2.44. The van der Waals surface area contributed by atoms with Gasteiger partial charge >= 0.3 is 0 Å². The van der Waals surface area contributed by atoms with Gasteiger partial charge in [0, 0.05) is 37.3 Å². The van der Waals surface area contributed by atoms with Crippen LogP contribution in [0.1, 0.15) is 54.9 Å². The summed E-state index contributed by atoms with van der Waals surface area (Å²) in [4.78, 5) is 29.9. The third-order valence-corrected chi connectivity index (χ3v) is 7.43. The van der Waals surface area contributed by atoms with Crippen molar-refractivity contribution in [1.82, 2.24) is 9.80 Å². The molecule has 1 saturated heterocycles. The van der Waals surface area contributed by atoms with E-state index in [0.717, 1.165) is 49.8 Å². The zero-order valence-corrected chi connectivity index (χ0v) is 20.3. The zero-order chi connectivity index (χ0) is 23.4. The summed E-state index contributed by atoms with van der Waals surface area (Å²) in [6.07, 6.45) is 5.46. The Labute approximate surface area is 201 Å². The van der Waals surface area contributed by atoms with Crippen molar-refractivity contribution in [3.63, 3.8) is 0 Å². The lowest BCUT2D eigenvalue weighted by molar-refractivity contribution is -0.138. The molecule has 1 atom stereocenters. The Kier molecular flexibility index (Phi) is 7.28. The molecule has 2 amide bonds. The van der Waals surface area contributed by atoms with Gasteiger partial charge in [0.25, 0.3) is 11.8 Å². The van der Waals surface area contributed by atoms with Crippen molar-refractivity contribution in [2.45, 2.75) is 51.6 Å². The Balaban J connectivity index is 1.47. The third kappa shape index (κ3) is 5.52. The number of hydrogen-bond acceptors (Lipinski definition) is 3. The number of rotatable bonds is 1. The SMILES string of the molecule is C[C@H]1Oc2ccccc2CCCCC2(CCN(C(=O)c3ccc(Cl)cc3)CC2)CN(C)C1=O. The first-order chi connectivity index (χ1) is 15.9. The summed E-state index contributed by atoms with van der Waals surface area (Å²) in [6.45, 7) is 3.95. The topological polar surface area (TPSA) is 49.9 Å². The van der Waals surface area contributed by atoms with Gasteiger partial charge < -0.3 is 14.5 Å². The molecule has 176 valence electrons. The fraction of sp³-hybridized carbons (Fsp3) is 0.481. The number of aryl methyl sites for hydroxylation is 1. The molecule has 0 N–H and O–H groups in total. The van der Waals surface area contributed by atoms with Crippen LogP contribution in [0.5, 0.6) is 5.75 Å². The first kappa shape index (κ1) is 23.6. The van der Waals surface area contributed by atoms with Crippen LogP contribution in [0.15, 0.2) is 48.5 Å². The predicted molar refractivity (Wildman–Crippen MR) is 131 cm³/mol. The number of nitrogens with zero attached hydrogens (tertiary/aromatic N) is 2. The fourth-order valence-electron chi connectivity index (χ4n) is 5.22. The number of amides is 2. The first-order valence-corrected chi connectivity index (χ1v) is 12.3. The highest BCUT2D eigenvalue weighted by Crippen LogP contribution is 2.39. The van der Waals surface area contributed by atoms with Gasteiger partial charge in [0.1, 0.15) is 5.75 Å². The number of likely N-dealkylation sites (N-methyl/N-ethyl adjacent to an activating group) is 1. The smallest absolute Gasteiger partial charge is 0.263 e. The highest BCUT2D eigenvalue weighted by Gasteiger charge is 2.38. The molecule has 0 radical (unpaired) electrons. The molecule has 0 aliphatic carbocycles. The lowest BCUT2D eigenvalue weighted by Crippen LogP contribution is -2.50. The molecule has 1 spiro atoms. The molecule has 0 unspecified atom stereocenters. The summed E-state index contributed by atoms with van der Waals surface area (Å²) < 4.78 is 6.08. The van der Waals surface area contributed by atoms with Gasteiger partial charge in [0.05, 0.1) is 0 Å². The van der Waals surface area contributed by atoms with Gasteiger partial charge in [-0.25, -0.2) is 0 Å². The van der Waals surface area contributed by atoms with Crippen LogP contribution in [-0.2, 0) is 11.2 Å². The number of benzene rings is 2. The van der Waals surface area contributed by atoms with Crippen LogP contribution in [0.4, 0.5) is 0 Å². The maximum atomic E-state index is 13.1. The summed E-state index contributed by atoms with van der Waals surface area (Å²) in [5.41, 5.74) is 1.86. The summed E-state index contributed by atoms with van der Waals surface area (Å²) >= 11 is 5.97. The molecule has 2 aromatic carbocycles. The summed E-state index contributed by atoms with van der Waals surface area (Å²) in [7, 11) is 1.88. The molecule has 6 heteroatoms. The Morgan fingerprint density at radius 1 is 1.03 bits per heavy atom. The van der Waals surface area contributed by atoms with Gasteiger partial charge in [0.15, 0.2) is 6.10 Å². The summed E-state index contributed by atoms with van der Waals surface area (Å²) in [5, 5.41) is 0.630. The molecule has 4 rings (SSSR count). The average Bonchev–Trinajstić information content (AvgIpc) is 2.82. The van der Waals surface area contributed by atoms with E-state index in [4.69, 9.17) is 16.3 Å². The van der Waals surface area contributed by atoms with Crippen molar-refractivity contribution in [3.8, 4) is 5.75 Å². The van der Waals surface area contributed by atoms with E-state index in [0.29, 0.717) is 30.2 Å². The number of piperidine rings is 1. The highest BCUT2D eigenvalue weighted by atomic mass is 35.5. The molecule has 0 bridgehead atoms. The molecule has 1 fully saturated rings. The van der Waals surface area contributed by atoms with E-state index >= 15 is 0 Å². The van der Waals surface area contributed by atoms with E-state index < -0.39 is 6.10 Å². The molecule has 2 aliphatic rings. The molecule has 2 aromatic rings. The predicted octanol–water partition coefficient (Wildman–Crippen LogP) is 5.21. The van der Waals surface area contributed by atoms with Gasteiger partial charge in [-0.2, -0.15) is 0 Å². The fourth-order valence-corrected chi connectivity index (χ4v) is 5.35. The number of fused-ring (bicyclic) bond motifs is 1. The van der Waals surface area contributed by atoms with Gasteiger partial charge in [-0.15, -0.1) is 0 Å². The number of carbonyl (C=O) groups is 2. The van der Waals surface area contributed by atoms with Crippen LogP contribution in [-0.4, -0.2) is 54.4 Å². The van der Waals surface area contributed by atoms with Crippen molar-refractivity contribution < 1.29 is 14.3 Å². The van der Waals surface area contributed by atoms with E-state index in [9.17, 15) is 9.59 Å². The summed E-state index contributed by atoms with van der Waals surface area (Å²) in [5.74, 6) is 0.873. The highest BCUT2D eigenvalue weighted by molar-refractivity contribution is 6.30. The number of carbonyl (C=O) groups excluding carboxylic acids is 2. The van der Waals surface area contributed by atoms with Crippen molar-refractivity contribution >= 4 is 23.4 Å².